The van der Waals surface area contributed by atoms with E-state index in [4.69, 9.17) is 0 Å². The van der Waals surface area contributed by atoms with Crippen molar-refractivity contribution in [2.24, 2.45) is 0 Å². The molecule has 1 heterocycles. The van der Waals surface area contributed by atoms with E-state index in [1.807, 2.05) is 0 Å². The van der Waals surface area contributed by atoms with E-state index in [-0.39, 0.29) is 21.9 Å². The van der Waals surface area contributed by atoms with Gasteiger partial charge in [0.15, 0.2) is 0 Å². The Morgan fingerprint density at radius 3 is 2.62 bits per heavy atom. The van der Waals surface area contributed by atoms with Crippen molar-refractivity contribution in [3.63, 3.8) is 0 Å². The molecule has 0 aliphatic rings. The Bertz CT molecular complexity index is 701. The summed E-state index contributed by atoms with van der Waals surface area (Å²) in [4.78, 5) is 33.6. The molecule has 0 bridgehead atoms. The summed E-state index contributed by atoms with van der Waals surface area (Å²) in [6, 6.07) is 3.30. The number of benzene rings is 1. The van der Waals surface area contributed by atoms with Gasteiger partial charge >= 0.3 is 5.97 Å². The summed E-state index contributed by atoms with van der Waals surface area (Å²) in [5.74, 6) is -1.41. The van der Waals surface area contributed by atoms with Gasteiger partial charge in [-0.2, -0.15) is 0 Å². The lowest BCUT2D eigenvalue weighted by Gasteiger charge is -2.04. The predicted molar refractivity (Wildman–Crippen MR) is 72.3 cm³/mol. The SMILES string of the molecule is COC(=O)c1cc(C(=O)Nc2nncs2)cc([N+](=O)[O-])c1. The molecule has 10 heteroatoms. The van der Waals surface area contributed by atoms with Gasteiger partial charge in [0.2, 0.25) is 5.13 Å². The molecule has 1 amide bonds. The summed E-state index contributed by atoms with van der Waals surface area (Å²) in [5.41, 5.74) is 0.886. The van der Waals surface area contributed by atoms with Crippen LogP contribution in [0.3, 0.4) is 0 Å². The lowest BCUT2D eigenvalue weighted by molar-refractivity contribution is -0.384. The molecule has 0 spiro atoms. The third-order valence-electron chi connectivity index (χ3n) is 2.39. The minimum absolute atomic E-state index is 0.0557. The number of hydrogen-bond donors (Lipinski definition) is 1. The van der Waals surface area contributed by atoms with Gasteiger partial charge in [0.1, 0.15) is 5.51 Å². The van der Waals surface area contributed by atoms with E-state index < -0.39 is 16.8 Å². The number of nitrogens with one attached hydrogen (secondary N) is 1. The Morgan fingerprint density at radius 1 is 1.33 bits per heavy atom. The molecule has 0 aliphatic carbocycles. The second-order valence-corrected chi connectivity index (χ2v) is 4.55. The Kier molecular flexibility index (Phi) is 4.18. The number of methoxy groups -OCH3 is 1. The van der Waals surface area contributed by atoms with Gasteiger partial charge < -0.3 is 4.74 Å². The van der Waals surface area contributed by atoms with Crippen LogP contribution in [0.2, 0.25) is 0 Å². The molecule has 21 heavy (non-hydrogen) atoms. The third kappa shape index (κ3) is 3.36. The fraction of sp³-hybridized carbons (Fsp3) is 0.0909. The van der Waals surface area contributed by atoms with Crippen LogP contribution in [0.4, 0.5) is 10.8 Å². The summed E-state index contributed by atoms with van der Waals surface area (Å²) in [6.45, 7) is 0. The average Bonchev–Trinajstić information content (AvgIpc) is 2.98. The topological polar surface area (TPSA) is 124 Å². The van der Waals surface area contributed by atoms with E-state index in [1.165, 1.54) is 11.6 Å². The molecule has 0 saturated heterocycles. The molecule has 0 saturated carbocycles. The molecule has 1 aromatic heterocycles. The number of rotatable bonds is 4. The molecule has 0 unspecified atom stereocenters. The first kappa shape index (κ1) is 14.5. The molecular weight excluding hydrogens is 300 g/mol. The second kappa shape index (κ2) is 6.05. The summed E-state index contributed by atoms with van der Waals surface area (Å²) >= 11 is 1.09. The number of carbonyl (C=O) groups excluding carboxylic acids is 2. The van der Waals surface area contributed by atoms with Crippen molar-refractivity contribution in [3.05, 3.63) is 45.0 Å². The van der Waals surface area contributed by atoms with Gasteiger partial charge in [0, 0.05) is 17.7 Å². The van der Waals surface area contributed by atoms with E-state index in [1.54, 1.807) is 0 Å². The second-order valence-electron chi connectivity index (χ2n) is 3.72. The van der Waals surface area contributed by atoms with Crippen molar-refractivity contribution >= 4 is 34.0 Å². The molecule has 0 aliphatic heterocycles. The minimum atomic E-state index is -0.774. The molecule has 108 valence electrons. The first-order chi connectivity index (χ1) is 10.0. The Morgan fingerprint density at radius 2 is 2.05 bits per heavy atom. The summed E-state index contributed by atoms with van der Waals surface area (Å²) in [7, 11) is 1.14. The molecule has 0 atom stereocenters. The maximum atomic E-state index is 12.0. The Hall–Kier alpha value is -2.88. The summed E-state index contributed by atoms with van der Waals surface area (Å²) in [5, 5.41) is 20.7. The van der Waals surface area contributed by atoms with E-state index in [2.05, 4.69) is 20.3 Å². The van der Waals surface area contributed by atoms with Crippen LogP contribution in [0, 0.1) is 10.1 Å². The van der Waals surface area contributed by atoms with E-state index in [0.717, 1.165) is 30.6 Å². The quantitative estimate of drug-likeness (QED) is 0.515. The maximum absolute atomic E-state index is 12.0. The molecule has 2 aromatic rings. The monoisotopic (exact) mass is 308 g/mol. The molecule has 0 fully saturated rings. The molecule has 0 radical (unpaired) electrons. The van der Waals surface area contributed by atoms with Gasteiger partial charge in [-0.25, -0.2) is 4.79 Å². The Balaban J connectivity index is 2.37. The normalized spacial score (nSPS) is 9.95. The molecular formula is C11H8N4O5S. The molecule has 1 aromatic carbocycles. The molecule has 9 nitrogen and oxygen atoms in total. The fourth-order valence-electron chi connectivity index (χ4n) is 1.48. The molecule has 2 rings (SSSR count). The van der Waals surface area contributed by atoms with Crippen molar-refractivity contribution in [2.45, 2.75) is 0 Å². The number of anilines is 1. The number of nitro groups is 1. The van der Waals surface area contributed by atoms with Gasteiger partial charge in [0.25, 0.3) is 11.6 Å². The van der Waals surface area contributed by atoms with E-state index in [0.29, 0.717) is 0 Å². The number of ether oxygens (including phenoxy) is 1. The Labute approximate surface area is 121 Å². The van der Waals surface area contributed by atoms with Gasteiger partial charge in [-0.1, -0.05) is 11.3 Å². The van der Waals surface area contributed by atoms with Crippen molar-refractivity contribution in [2.75, 3.05) is 12.4 Å². The molecule has 1 N–H and O–H groups in total. The van der Waals surface area contributed by atoms with Gasteiger partial charge in [-0.05, 0) is 6.07 Å². The fourth-order valence-corrected chi connectivity index (χ4v) is 1.92. The highest BCUT2D eigenvalue weighted by atomic mass is 32.1. The highest BCUT2D eigenvalue weighted by Crippen LogP contribution is 2.19. The highest BCUT2D eigenvalue weighted by molar-refractivity contribution is 7.13. The van der Waals surface area contributed by atoms with Crippen LogP contribution in [0.15, 0.2) is 23.7 Å². The predicted octanol–water partition coefficient (Wildman–Crippen LogP) is 1.49. The highest BCUT2D eigenvalue weighted by Gasteiger charge is 2.18. The van der Waals surface area contributed by atoms with Crippen LogP contribution in [0.25, 0.3) is 0 Å². The van der Waals surface area contributed by atoms with E-state index in [9.17, 15) is 19.7 Å². The number of nitrogens with zero attached hydrogens (tertiary/aromatic N) is 3. The smallest absolute Gasteiger partial charge is 0.338 e. The summed E-state index contributed by atoms with van der Waals surface area (Å²) < 4.78 is 4.50. The van der Waals surface area contributed by atoms with Crippen LogP contribution < -0.4 is 5.32 Å². The number of esters is 1. The number of amides is 1. The first-order valence-electron chi connectivity index (χ1n) is 5.46. The number of nitro benzene ring substituents is 1. The summed E-state index contributed by atoms with van der Waals surface area (Å²) in [6.07, 6.45) is 0. The average molecular weight is 308 g/mol. The van der Waals surface area contributed by atoms with Crippen LogP contribution in [0.5, 0.6) is 0 Å². The number of aromatic nitrogens is 2. The van der Waals surface area contributed by atoms with Gasteiger partial charge in [-0.15, -0.1) is 10.2 Å². The van der Waals surface area contributed by atoms with Crippen molar-refractivity contribution < 1.29 is 19.2 Å². The number of non-ortho nitro benzene ring substituents is 1. The van der Waals surface area contributed by atoms with Crippen molar-refractivity contribution in [1.29, 1.82) is 0 Å². The number of carbonyl (C=O) groups is 2. The van der Waals surface area contributed by atoms with Gasteiger partial charge in [-0.3, -0.25) is 20.2 Å². The van der Waals surface area contributed by atoms with Gasteiger partial charge in [0.05, 0.1) is 17.6 Å². The van der Waals surface area contributed by atoms with Crippen molar-refractivity contribution in [1.82, 2.24) is 10.2 Å². The lowest BCUT2D eigenvalue weighted by Crippen LogP contribution is -2.13. The third-order valence-corrected chi connectivity index (χ3v) is 3.00. The van der Waals surface area contributed by atoms with Crippen LogP contribution in [-0.2, 0) is 4.74 Å². The number of hydrogen-bond acceptors (Lipinski definition) is 8. The lowest BCUT2D eigenvalue weighted by atomic mass is 10.1. The van der Waals surface area contributed by atoms with E-state index >= 15 is 0 Å². The zero-order chi connectivity index (χ0) is 15.4. The minimum Gasteiger partial charge on any atom is -0.465 e. The van der Waals surface area contributed by atoms with Crippen molar-refractivity contribution in [3.8, 4) is 0 Å². The first-order valence-corrected chi connectivity index (χ1v) is 6.34. The van der Waals surface area contributed by atoms with Crippen LogP contribution in [0.1, 0.15) is 20.7 Å². The zero-order valence-electron chi connectivity index (χ0n) is 10.6. The maximum Gasteiger partial charge on any atom is 0.338 e. The largest absolute Gasteiger partial charge is 0.465 e. The van der Waals surface area contributed by atoms with Crippen LogP contribution in [-0.4, -0.2) is 34.1 Å². The van der Waals surface area contributed by atoms with Crippen LogP contribution >= 0.6 is 11.3 Å². The zero-order valence-corrected chi connectivity index (χ0v) is 11.4. The standard InChI is InChI=1S/C11H8N4O5S/c1-20-10(17)7-2-6(3-8(4-7)15(18)19)9(16)13-11-14-12-5-21-11/h2-5H,1H3,(H,13,14,16).